The third kappa shape index (κ3) is 1.75. The van der Waals surface area contributed by atoms with Crippen molar-refractivity contribution in [3.63, 3.8) is 0 Å². The second kappa shape index (κ2) is 4.38. The van der Waals surface area contributed by atoms with Crippen LogP contribution in [0.5, 0.6) is 0 Å². The van der Waals surface area contributed by atoms with Crippen LogP contribution in [0.4, 0.5) is 0 Å². The molecule has 4 heteroatoms. The van der Waals surface area contributed by atoms with E-state index in [1.807, 2.05) is 12.1 Å². The maximum absolute atomic E-state index is 11.8. The van der Waals surface area contributed by atoms with Gasteiger partial charge in [-0.05, 0) is 0 Å². The minimum atomic E-state index is -0.415. The highest BCUT2D eigenvalue weighted by atomic mass is 16.2. The standard InChI is InChI=1S/C14H14N2O2/c17-13-9-12(16-7-5-15-6-8-16)10-3-1-2-4-11(10)14(13)18/h1-4,9,15H,5-8H2. The zero-order valence-corrected chi connectivity index (χ0v) is 9.98. The molecule has 1 saturated heterocycles. The van der Waals surface area contributed by atoms with E-state index in [0.29, 0.717) is 5.56 Å². The summed E-state index contributed by atoms with van der Waals surface area (Å²) >= 11 is 0. The van der Waals surface area contributed by atoms with Crippen molar-refractivity contribution in [2.45, 2.75) is 0 Å². The van der Waals surface area contributed by atoms with Crippen LogP contribution < -0.4 is 5.32 Å². The number of hydrogen-bond acceptors (Lipinski definition) is 4. The van der Waals surface area contributed by atoms with Crippen molar-refractivity contribution >= 4 is 17.3 Å². The van der Waals surface area contributed by atoms with Crippen LogP contribution in [0.15, 0.2) is 30.3 Å². The summed E-state index contributed by atoms with van der Waals surface area (Å²) < 4.78 is 0. The fourth-order valence-electron chi connectivity index (χ4n) is 2.47. The third-order valence-electron chi connectivity index (χ3n) is 3.40. The molecule has 0 aromatic heterocycles. The monoisotopic (exact) mass is 242 g/mol. The van der Waals surface area contributed by atoms with Crippen LogP contribution in [0.2, 0.25) is 0 Å². The second-order valence-corrected chi connectivity index (χ2v) is 4.51. The molecule has 3 rings (SSSR count). The highest BCUT2D eigenvalue weighted by Gasteiger charge is 2.28. The Labute approximate surface area is 105 Å². The largest absolute Gasteiger partial charge is 0.368 e. The van der Waals surface area contributed by atoms with E-state index in [2.05, 4.69) is 10.2 Å². The van der Waals surface area contributed by atoms with Gasteiger partial charge < -0.3 is 10.2 Å². The fraction of sp³-hybridized carbons (Fsp3) is 0.286. The number of nitrogens with one attached hydrogen (secondary N) is 1. The molecule has 1 aliphatic carbocycles. The Morgan fingerprint density at radius 2 is 1.67 bits per heavy atom. The Hall–Kier alpha value is -1.94. The number of hydrogen-bond donors (Lipinski definition) is 1. The molecule has 1 heterocycles. The number of allylic oxidation sites excluding steroid dienone is 1. The highest BCUT2D eigenvalue weighted by Crippen LogP contribution is 2.27. The molecule has 1 N–H and O–H groups in total. The summed E-state index contributed by atoms with van der Waals surface area (Å²) in [6, 6.07) is 7.33. The zero-order valence-electron chi connectivity index (χ0n) is 9.98. The first-order valence-electron chi connectivity index (χ1n) is 6.13. The van der Waals surface area contributed by atoms with E-state index < -0.39 is 11.6 Å². The zero-order chi connectivity index (χ0) is 12.5. The normalized spacial score (nSPS) is 19.6. The van der Waals surface area contributed by atoms with Gasteiger partial charge in [-0.25, -0.2) is 0 Å². The van der Waals surface area contributed by atoms with Crippen LogP contribution in [0.1, 0.15) is 15.9 Å². The molecular formula is C14H14N2O2. The van der Waals surface area contributed by atoms with Gasteiger partial charge in [-0.2, -0.15) is 0 Å². The number of ketones is 2. The Morgan fingerprint density at radius 3 is 2.39 bits per heavy atom. The number of carbonyl (C=O) groups is 2. The smallest absolute Gasteiger partial charge is 0.233 e. The summed E-state index contributed by atoms with van der Waals surface area (Å²) in [5.74, 6) is -0.813. The molecule has 0 atom stereocenters. The van der Waals surface area contributed by atoms with Gasteiger partial charge >= 0.3 is 0 Å². The van der Waals surface area contributed by atoms with Gasteiger partial charge in [0.1, 0.15) is 0 Å². The molecule has 18 heavy (non-hydrogen) atoms. The lowest BCUT2D eigenvalue weighted by molar-refractivity contribution is -0.111. The van der Waals surface area contributed by atoms with Crippen LogP contribution in [0, 0.1) is 0 Å². The minimum absolute atomic E-state index is 0.399. The number of Topliss-reactive ketones (excluding diaryl/α,β-unsaturated/α-hetero) is 1. The third-order valence-corrected chi connectivity index (χ3v) is 3.40. The Balaban J connectivity index is 2.05. The Morgan fingerprint density at radius 1 is 1.00 bits per heavy atom. The van der Waals surface area contributed by atoms with Gasteiger partial charge in [0.2, 0.25) is 11.6 Å². The number of rotatable bonds is 1. The van der Waals surface area contributed by atoms with Crippen molar-refractivity contribution in [2.24, 2.45) is 0 Å². The van der Waals surface area contributed by atoms with Crippen LogP contribution in [0.3, 0.4) is 0 Å². The van der Waals surface area contributed by atoms with Gasteiger partial charge in [0, 0.05) is 49.1 Å². The van der Waals surface area contributed by atoms with E-state index in [1.165, 1.54) is 6.08 Å². The Bertz CT molecular complexity index is 542. The van der Waals surface area contributed by atoms with Crippen molar-refractivity contribution in [2.75, 3.05) is 26.2 Å². The SMILES string of the molecule is O=C1C=C(N2CCNCC2)c2ccccc2C1=O. The molecule has 1 aromatic rings. The summed E-state index contributed by atoms with van der Waals surface area (Å²) in [5.41, 5.74) is 2.29. The molecule has 4 nitrogen and oxygen atoms in total. The summed E-state index contributed by atoms with van der Waals surface area (Å²) in [6.07, 6.45) is 1.48. The minimum Gasteiger partial charge on any atom is -0.368 e. The van der Waals surface area contributed by atoms with Gasteiger partial charge in [-0.3, -0.25) is 9.59 Å². The van der Waals surface area contributed by atoms with Crippen LogP contribution >= 0.6 is 0 Å². The average molecular weight is 242 g/mol. The maximum atomic E-state index is 11.8. The fourth-order valence-corrected chi connectivity index (χ4v) is 2.47. The van der Waals surface area contributed by atoms with Crippen molar-refractivity contribution < 1.29 is 9.59 Å². The molecule has 1 aromatic carbocycles. The molecule has 0 bridgehead atoms. The molecule has 1 aliphatic heterocycles. The van der Waals surface area contributed by atoms with Gasteiger partial charge in [0.15, 0.2) is 0 Å². The lowest BCUT2D eigenvalue weighted by Crippen LogP contribution is -2.43. The van der Waals surface area contributed by atoms with Crippen molar-refractivity contribution in [1.29, 1.82) is 0 Å². The first kappa shape index (κ1) is 11.2. The predicted octanol–water partition coefficient (Wildman–Crippen LogP) is 0.698. The van der Waals surface area contributed by atoms with Crippen molar-refractivity contribution in [3.05, 3.63) is 41.5 Å². The number of carbonyl (C=O) groups excluding carboxylic acids is 2. The molecule has 2 aliphatic rings. The summed E-state index contributed by atoms with van der Waals surface area (Å²) in [5, 5.41) is 3.28. The van der Waals surface area contributed by atoms with Gasteiger partial charge in [0.05, 0.1) is 0 Å². The van der Waals surface area contributed by atoms with E-state index in [4.69, 9.17) is 0 Å². The summed E-state index contributed by atoms with van der Waals surface area (Å²) in [7, 11) is 0. The van der Waals surface area contributed by atoms with Crippen LogP contribution in [0.25, 0.3) is 5.70 Å². The quantitative estimate of drug-likeness (QED) is 0.736. The average Bonchev–Trinajstić information content (AvgIpc) is 2.44. The van der Waals surface area contributed by atoms with Gasteiger partial charge in [-0.1, -0.05) is 24.3 Å². The highest BCUT2D eigenvalue weighted by molar-refractivity contribution is 6.50. The molecule has 1 fully saturated rings. The number of piperazine rings is 1. The first-order chi connectivity index (χ1) is 8.77. The molecule has 0 amide bonds. The molecule has 0 spiro atoms. The van der Waals surface area contributed by atoms with Gasteiger partial charge in [0.25, 0.3) is 0 Å². The maximum Gasteiger partial charge on any atom is 0.233 e. The predicted molar refractivity (Wildman–Crippen MR) is 68.2 cm³/mol. The topological polar surface area (TPSA) is 49.4 Å². The second-order valence-electron chi connectivity index (χ2n) is 4.51. The molecule has 0 unspecified atom stereocenters. The van der Waals surface area contributed by atoms with Gasteiger partial charge in [-0.15, -0.1) is 0 Å². The van der Waals surface area contributed by atoms with E-state index >= 15 is 0 Å². The lowest BCUT2D eigenvalue weighted by Gasteiger charge is -2.33. The number of benzene rings is 1. The van der Waals surface area contributed by atoms with E-state index in [9.17, 15) is 9.59 Å². The molecular weight excluding hydrogens is 228 g/mol. The molecule has 0 radical (unpaired) electrons. The van der Waals surface area contributed by atoms with E-state index in [-0.39, 0.29) is 0 Å². The van der Waals surface area contributed by atoms with E-state index in [1.54, 1.807) is 12.1 Å². The van der Waals surface area contributed by atoms with Crippen LogP contribution in [-0.2, 0) is 4.79 Å². The lowest BCUT2D eigenvalue weighted by atomic mass is 9.92. The van der Waals surface area contributed by atoms with Crippen molar-refractivity contribution in [1.82, 2.24) is 10.2 Å². The van der Waals surface area contributed by atoms with E-state index in [0.717, 1.165) is 37.4 Å². The Kier molecular flexibility index (Phi) is 2.72. The molecule has 92 valence electrons. The molecule has 0 saturated carbocycles. The summed E-state index contributed by atoms with van der Waals surface area (Å²) in [4.78, 5) is 25.7. The van der Waals surface area contributed by atoms with Crippen molar-refractivity contribution in [3.8, 4) is 0 Å². The van der Waals surface area contributed by atoms with Crippen LogP contribution in [-0.4, -0.2) is 42.6 Å². The summed E-state index contributed by atoms with van der Waals surface area (Å²) in [6.45, 7) is 3.53. The number of fused-ring (bicyclic) bond motifs is 1. The number of nitrogens with zero attached hydrogens (tertiary/aromatic N) is 1. The first-order valence-corrected chi connectivity index (χ1v) is 6.13.